The highest BCUT2D eigenvalue weighted by molar-refractivity contribution is 7.26. The van der Waals surface area contributed by atoms with E-state index in [1.165, 1.54) is 64.0 Å². The van der Waals surface area contributed by atoms with Gasteiger partial charge in [-0.2, -0.15) is 0 Å². The maximum atomic E-state index is 5.31. The number of hydrogen-bond donors (Lipinski definition) is 0. The van der Waals surface area contributed by atoms with Crippen molar-refractivity contribution >= 4 is 64.6 Å². The van der Waals surface area contributed by atoms with Crippen LogP contribution in [0.2, 0.25) is 0 Å². The van der Waals surface area contributed by atoms with Gasteiger partial charge in [-0.15, -0.1) is 11.3 Å². The van der Waals surface area contributed by atoms with Crippen LogP contribution in [0.1, 0.15) is 29.7 Å². The fraction of sp³-hybridized carbons (Fsp3) is 0.0698. The van der Waals surface area contributed by atoms with Crippen molar-refractivity contribution in [2.75, 3.05) is 0 Å². The van der Waals surface area contributed by atoms with Gasteiger partial charge in [0.2, 0.25) is 0 Å². The Kier molecular flexibility index (Phi) is 6.39. The largest absolute Gasteiger partial charge is 0.257 e. The van der Waals surface area contributed by atoms with Crippen LogP contribution >= 0.6 is 11.3 Å². The van der Waals surface area contributed by atoms with Crippen molar-refractivity contribution in [3.63, 3.8) is 0 Å². The van der Waals surface area contributed by atoms with E-state index in [1.807, 2.05) is 17.4 Å². The number of thiophene rings is 1. The fourth-order valence-electron chi connectivity index (χ4n) is 7.15. The molecule has 2 atom stereocenters. The third-order valence-electron chi connectivity index (χ3n) is 9.42. The van der Waals surface area contributed by atoms with E-state index in [1.54, 1.807) is 0 Å². The molecule has 0 spiro atoms. The number of nitrogens with zero attached hydrogens (tertiary/aromatic N) is 2. The molecule has 218 valence electrons. The zero-order valence-corrected chi connectivity index (χ0v) is 26.2. The zero-order chi connectivity index (χ0) is 30.6. The summed E-state index contributed by atoms with van der Waals surface area (Å²) in [5.74, 6) is 0.908. The van der Waals surface area contributed by atoms with Gasteiger partial charge in [-0.25, -0.2) is 4.99 Å². The minimum atomic E-state index is -0.0159. The first-order valence-corrected chi connectivity index (χ1v) is 16.7. The van der Waals surface area contributed by atoms with Gasteiger partial charge >= 0.3 is 0 Å². The molecule has 8 aromatic rings. The average molecular weight is 607 g/mol. The Labute approximate surface area is 272 Å². The van der Waals surface area contributed by atoms with E-state index in [0.29, 0.717) is 0 Å². The van der Waals surface area contributed by atoms with Crippen molar-refractivity contribution in [3.05, 3.63) is 168 Å². The van der Waals surface area contributed by atoms with Crippen LogP contribution in [0, 0.1) is 5.92 Å². The van der Waals surface area contributed by atoms with Gasteiger partial charge in [-0.3, -0.25) is 4.99 Å². The standard InChI is InChI=1S/C43H30N2S/c1-27-40(29-13-4-2-5-14-29)44-43(30-15-6-3-7-16-30)45-41(27)37-20-10-19-36-39-35(18-11-21-38(39)46-42(36)37)32-24-25-34-31(26-32)23-22-28-12-8-9-17-33(28)34/h2-27,40H,1H3. The molecule has 46 heavy (non-hydrogen) atoms. The number of amidine groups is 1. The minimum Gasteiger partial charge on any atom is -0.257 e. The molecule has 0 amide bonds. The van der Waals surface area contributed by atoms with Crippen LogP contribution in [-0.4, -0.2) is 11.5 Å². The number of benzene rings is 7. The van der Waals surface area contributed by atoms with Crippen molar-refractivity contribution < 1.29 is 0 Å². The SMILES string of the molecule is CC1C(c2cccc3c2sc2cccc(-c4ccc5c(ccc6ccccc65)c4)c23)=NC(c2ccccc2)=NC1c1ccccc1. The monoisotopic (exact) mass is 606 g/mol. The molecule has 3 heteroatoms. The highest BCUT2D eigenvalue weighted by atomic mass is 32.1. The van der Waals surface area contributed by atoms with Crippen molar-refractivity contribution in [1.82, 2.24) is 0 Å². The Morgan fingerprint density at radius 2 is 1.24 bits per heavy atom. The molecule has 0 saturated carbocycles. The maximum absolute atomic E-state index is 5.31. The molecule has 2 unspecified atom stereocenters. The quantitative estimate of drug-likeness (QED) is 0.178. The summed E-state index contributed by atoms with van der Waals surface area (Å²) in [4.78, 5) is 10.5. The topological polar surface area (TPSA) is 24.7 Å². The Balaban J connectivity index is 1.22. The molecule has 0 radical (unpaired) electrons. The third-order valence-corrected chi connectivity index (χ3v) is 10.6. The van der Waals surface area contributed by atoms with Crippen molar-refractivity contribution in [3.8, 4) is 11.1 Å². The number of hydrogen-bond acceptors (Lipinski definition) is 3. The molecule has 0 aliphatic carbocycles. The molecule has 2 heterocycles. The van der Waals surface area contributed by atoms with Gasteiger partial charge in [-0.05, 0) is 50.4 Å². The summed E-state index contributed by atoms with van der Waals surface area (Å²) in [6, 6.07) is 54.6. The number of rotatable bonds is 4. The van der Waals surface area contributed by atoms with E-state index in [0.717, 1.165) is 17.1 Å². The third kappa shape index (κ3) is 4.39. The summed E-state index contributed by atoms with van der Waals surface area (Å²) in [5.41, 5.74) is 7.06. The highest BCUT2D eigenvalue weighted by Crippen LogP contribution is 2.44. The second kappa shape index (κ2) is 10.9. The minimum absolute atomic E-state index is 0.0159. The van der Waals surface area contributed by atoms with Crippen LogP contribution < -0.4 is 0 Å². The smallest absolute Gasteiger partial charge is 0.155 e. The van der Waals surface area contributed by atoms with E-state index in [-0.39, 0.29) is 12.0 Å². The van der Waals surface area contributed by atoms with E-state index < -0.39 is 0 Å². The first kappa shape index (κ1) is 27.0. The van der Waals surface area contributed by atoms with Gasteiger partial charge in [0.05, 0.1) is 11.8 Å². The summed E-state index contributed by atoms with van der Waals surface area (Å²) in [5, 5.41) is 7.71. The first-order valence-electron chi connectivity index (χ1n) is 15.9. The summed E-state index contributed by atoms with van der Waals surface area (Å²) in [7, 11) is 0. The van der Waals surface area contributed by atoms with Gasteiger partial charge in [0.15, 0.2) is 5.84 Å². The molecule has 0 fully saturated rings. The van der Waals surface area contributed by atoms with E-state index >= 15 is 0 Å². The Morgan fingerprint density at radius 3 is 2.11 bits per heavy atom. The molecule has 9 rings (SSSR count). The average Bonchev–Trinajstić information content (AvgIpc) is 3.52. The van der Waals surface area contributed by atoms with Gasteiger partial charge < -0.3 is 0 Å². The Hall–Kier alpha value is -5.38. The lowest BCUT2D eigenvalue weighted by Crippen LogP contribution is -2.26. The van der Waals surface area contributed by atoms with E-state index in [4.69, 9.17) is 9.98 Å². The second-order valence-corrected chi connectivity index (χ2v) is 13.2. The van der Waals surface area contributed by atoms with Crippen LogP contribution in [0.15, 0.2) is 162 Å². The summed E-state index contributed by atoms with van der Waals surface area (Å²) < 4.78 is 2.57. The lowest BCUT2D eigenvalue weighted by atomic mass is 9.85. The summed E-state index contributed by atoms with van der Waals surface area (Å²) in [6.45, 7) is 2.28. The van der Waals surface area contributed by atoms with Gasteiger partial charge in [0, 0.05) is 37.2 Å². The second-order valence-electron chi connectivity index (χ2n) is 12.1. The normalized spacial score (nSPS) is 16.6. The highest BCUT2D eigenvalue weighted by Gasteiger charge is 2.31. The molecule has 7 aromatic carbocycles. The molecule has 1 aromatic heterocycles. The van der Waals surface area contributed by atoms with Crippen LogP contribution in [-0.2, 0) is 0 Å². The van der Waals surface area contributed by atoms with Gasteiger partial charge in [-0.1, -0.05) is 146 Å². The molecular formula is C43H30N2S. The lowest BCUT2D eigenvalue weighted by Gasteiger charge is -2.28. The van der Waals surface area contributed by atoms with Crippen LogP contribution in [0.5, 0.6) is 0 Å². The van der Waals surface area contributed by atoms with Crippen molar-refractivity contribution in [2.45, 2.75) is 13.0 Å². The van der Waals surface area contributed by atoms with Gasteiger partial charge in [0.1, 0.15) is 0 Å². The molecule has 1 aliphatic heterocycles. The van der Waals surface area contributed by atoms with Crippen LogP contribution in [0.25, 0.3) is 52.8 Å². The molecule has 0 N–H and O–H groups in total. The molecule has 2 nitrogen and oxygen atoms in total. The first-order chi connectivity index (χ1) is 22.7. The predicted octanol–water partition coefficient (Wildman–Crippen LogP) is 11.7. The van der Waals surface area contributed by atoms with Crippen LogP contribution in [0.3, 0.4) is 0 Å². The number of fused-ring (bicyclic) bond motifs is 6. The van der Waals surface area contributed by atoms with E-state index in [2.05, 4.69) is 153 Å². The molecule has 0 saturated heterocycles. The zero-order valence-electron chi connectivity index (χ0n) is 25.4. The van der Waals surface area contributed by atoms with Crippen molar-refractivity contribution in [2.24, 2.45) is 15.9 Å². The Bertz CT molecular complexity index is 2490. The van der Waals surface area contributed by atoms with Crippen molar-refractivity contribution in [1.29, 1.82) is 0 Å². The maximum Gasteiger partial charge on any atom is 0.155 e. The molecular weight excluding hydrogens is 577 g/mol. The summed E-state index contributed by atoms with van der Waals surface area (Å²) >= 11 is 1.87. The predicted molar refractivity (Wildman–Crippen MR) is 198 cm³/mol. The number of aliphatic imine (C=N–C) groups is 2. The fourth-order valence-corrected chi connectivity index (χ4v) is 8.40. The molecule has 1 aliphatic rings. The lowest BCUT2D eigenvalue weighted by molar-refractivity contribution is 0.592. The van der Waals surface area contributed by atoms with Gasteiger partial charge in [0.25, 0.3) is 0 Å². The summed E-state index contributed by atoms with van der Waals surface area (Å²) in [6.07, 6.45) is 0. The van der Waals surface area contributed by atoms with Crippen LogP contribution in [0.4, 0.5) is 0 Å². The van der Waals surface area contributed by atoms with E-state index in [9.17, 15) is 0 Å². The molecule has 0 bridgehead atoms. The Morgan fingerprint density at radius 1 is 0.543 bits per heavy atom.